The lowest BCUT2D eigenvalue weighted by Crippen LogP contribution is -2.10. The monoisotopic (exact) mass is 291 g/mol. The van der Waals surface area contributed by atoms with E-state index in [4.69, 9.17) is 20.1 Å². The molecular weight excluding hydrogens is 270 g/mol. The van der Waals surface area contributed by atoms with Gasteiger partial charge in [0.15, 0.2) is 0 Å². The Morgan fingerprint density at radius 3 is 2.43 bits per heavy atom. The van der Waals surface area contributed by atoms with Crippen LogP contribution in [-0.4, -0.2) is 25.3 Å². The topological polar surface area (TPSA) is 78.6 Å². The second-order valence-electron chi connectivity index (χ2n) is 4.39. The number of nitrogen functional groups attached to an aromatic ring is 1. The van der Waals surface area contributed by atoms with Crippen LogP contribution in [0.3, 0.4) is 0 Å². The Balaban J connectivity index is 2.71. The van der Waals surface area contributed by atoms with Crippen molar-refractivity contribution in [3.63, 3.8) is 0 Å². The van der Waals surface area contributed by atoms with Gasteiger partial charge in [0.25, 0.3) is 0 Å². The zero-order valence-electron chi connectivity index (χ0n) is 12.6. The van der Waals surface area contributed by atoms with Crippen LogP contribution < -0.4 is 20.7 Å². The fraction of sp³-hybridized carbons (Fsp3) is 0.400. The Kier molecular flexibility index (Phi) is 5.19. The van der Waals surface area contributed by atoms with E-state index in [1.54, 1.807) is 7.11 Å². The number of nitrogens with one attached hydrogen (secondary N) is 1. The van der Waals surface area contributed by atoms with Gasteiger partial charge in [-0.25, -0.2) is 4.98 Å². The van der Waals surface area contributed by atoms with E-state index >= 15 is 0 Å². The van der Waals surface area contributed by atoms with Gasteiger partial charge in [-0.3, -0.25) is 5.84 Å². The number of rotatable bonds is 7. The molecular formula is C15H21N3O3. The molecule has 6 nitrogen and oxygen atoms in total. The van der Waals surface area contributed by atoms with Crippen molar-refractivity contribution in [3.05, 3.63) is 23.9 Å². The van der Waals surface area contributed by atoms with Gasteiger partial charge in [0.1, 0.15) is 17.0 Å². The Bertz CT molecular complexity index is 617. The van der Waals surface area contributed by atoms with Gasteiger partial charge in [-0.05, 0) is 32.0 Å². The minimum Gasteiger partial charge on any atom is -0.493 e. The molecule has 0 unspecified atom stereocenters. The van der Waals surface area contributed by atoms with Crippen molar-refractivity contribution >= 4 is 16.6 Å². The van der Waals surface area contributed by atoms with Gasteiger partial charge >= 0.3 is 0 Å². The third kappa shape index (κ3) is 3.17. The van der Waals surface area contributed by atoms with Crippen molar-refractivity contribution in [1.29, 1.82) is 0 Å². The summed E-state index contributed by atoms with van der Waals surface area (Å²) in [7, 11) is 1.63. The molecule has 0 amide bonds. The first-order valence-corrected chi connectivity index (χ1v) is 6.92. The lowest BCUT2D eigenvalue weighted by atomic mass is 10.1. The summed E-state index contributed by atoms with van der Waals surface area (Å²) in [6.45, 7) is 5.39. The first-order valence-electron chi connectivity index (χ1n) is 6.92. The largest absolute Gasteiger partial charge is 0.493 e. The normalized spacial score (nSPS) is 10.7. The molecule has 21 heavy (non-hydrogen) atoms. The van der Waals surface area contributed by atoms with Crippen LogP contribution in [0.15, 0.2) is 18.2 Å². The van der Waals surface area contributed by atoms with Crippen LogP contribution in [0.1, 0.15) is 19.5 Å². The molecule has 3 N–H and O–H groups in total. The van der Waals surface area contributed by atoms with Crippen LogP contribution in [0.4, 0.5) is 5.69 Å². The van der Waals surface area contributed by atoms with Crippen molar-refractivity contribution in [2.45, 2.75) is 20.5 Å². The van der Waals surface area contributed by atoms with Crippen molar-refractivity contribution in [2.24, 2.45) is 5.84 Å². The Hall–Kier alpha value is -2.05. The lowest BCUT2D eigenvalue weighted by molar-refractivity contribution is 0.182. The van der Waals surface area contributed by atoms with Crippen LogP contribution in [0.2, 0.25) is 0 Å². The number of nitrogens with two attached hydrogens (primary N) is 1. The SMILES string of the molecule is CCOc1ccc(OCC)c2c(NN)cc(COC)nc12. The molecule has 0 spiro atoms. The lowest BCUT2D eigenvalue weighted by Gasteiger charge is -2.15. The molecule has 1 aromatic carbocycles. The Labute approximate surface area is 124 Å². The van der Waals surface area contributed by atoms with E-state index in [0.29, 0.717) is 31.1 Å². The van der Waals surface area contributed by atoms with E-state index in [1.165, 1.54) is 0 Å². The van der Waals surface area contributed by atoms with Crippen LogP contribution in [0.25, 0.3) is 10.9 Å². The molecule has 1 heterocycles. The highest BCUT2D eigenvalue weighted by atomic mass is 16.5. The fourth-order valence-corrected chi connectivity index (χ4v) is 2.22. The molecule has 0 fully saturated rings. The summed E-state index contributed by atoms with van der Waals surface area (Å²) in [5, 5.41) is 0.810. The summed E-state index contributed by atoms with van der Waals surface area (Å²) in [4.78, 5) is 4.61. The number of methoxy groups -OCH3 is 1. The smallest absolute Gasteiger partial charge is 0.145 e. The maximum Gasteiger partial charge on any atom is 0.145 e. The Morgan fingerprint density at radius 1 is 1.14 bits per heavy atom. The molecule has 1 aromatic heterocycles. The highest BCUT2D eigenvalue weighted by molar-refractivity contribution is 5.99. The summed E-state index contributed by atoms with van der Waals surface area (Å²) in [5.41, 5.74) is 4.92. The van der Waals surface area contributed by atoms with Gasteiger partial charge in [0.05, 0.1) is 36.6 Å². The highest BCUT2D eigenvalue weighted by Gasteiger charge is 2.15. The van der Waals surface area contributed by atoms with Crippen molar-refractivity contribution in [2.75, 3.05) is 25.7 Å². The van der Waals surface area contributed by atoms with Crippen LogP contribution >= 0.6 is 0 Å². The number of aromatic nitrogens is 1. The predicted molar refractivity (Wildman–Crippen MR) is 82.6 cm³/mol. The molecule has 2 rings (SSSR count). The van der Waals surface area contributed by atoms with Gasteiger partial charge in [0, 0.05) is 7.11 Å². The zero-order valence-corrected chi connectivity index (χ0v) is 12.6. The van der Waals surface area contributed by atoms with E-state index in [9.17, 15) is 0 Å². The zero-order chi connectivity index (χ0) is 15.2. The van der Waals surface area contributed by atoms with Crippen LogP contribution in [0, 0.1) is 0 Å². The van der Waals surface area contributed by atoms with E-state index in [0.717, 1.165) is 22.5 Å². The van der Waals surface area contributed by atoms with Crippen molar-refractivity contribution in [1.82, 2.24) is 4.98 Å². The first kappa shape index (κ1) is 15.3. The summed E-state index contributed by atoms with van der Waals surface area (Å²) in [5.74, 6) is 7.08. The van der Waals surface area contributed by atoms with Gasteiger partial charge in [-0.1, -0.05) is 0 Å². The quantitative estimate of drug-likeness (QED) is 0.602. The predicted octanol–water partition coefficient (Wildman–Crippen LogP) is 2.46. The maximum absolute atomic E-state index is 5.67. The fourth-order valence-electron chi connectivity index (χ4n) is 2.22. The van der Waals surface area contributed by atoms with Gasteiger partial charge < -0.3 is 19.6 Å². The number of hydrazine groups is 1. The Morgan fingerprint density at radius 2 is 1.81 bits per heavy atom. The van der Waals surface area contributed by atoms with Gasteiger partial charge in [-0.2, -0.15) is 0 Å². The van der Waals surface area contributed by atoms with Gasteiger partial charge in [-0.15, -0.1) is 0 Å². The molecule has 0 aliphatic carbocycles. The van der Waals surface area contributed by atoms with E-state index in [2.05, 4.69) is 10.4 Å². The molecule has 2 aromatic rings. The van der Waals surface area contributed by atoms with E-state index in [-0.39, 0.29) is 0 Å². The number of nitrogens with zero attached hydrogens (tertiary/aromatic N) is 1. The average Bonchev–Trinajstić information content (AvgIpc) is 2.49. The number of ether oxygens (including phenoxy) is 3. The maximum atomic E-state index is 5.67. The molecule has 0 radical (unpaired) electrons. The van der Waals surface area contributed by atoms with Crippen LogP contribution in [-0.2, 0) is 11.3 Å². The molecule has 0 aliphatic rings. The number of hydrogen-bond acceptors (Lipinski definition) is 6. The number of pyridine rings is 1. The number of benzene rings is 1. The molecule has 0 saturated carbocycles. The number of hydrogen-bond donors (Lipinski definition) is 2. The standard InChI is InChI=1S/C15H21N3O3/c1-4-20-12-6-7-13(21-5-2)15-14(12)11(18-16)8-10(17-15)9-19-3/h6-8H,4-5,9,16H2,1-3H3,(H,17,18). The molecule has 6 heteroatoms. The molecule has 0 atom stereocenters. The average molecular weight is 291 g/mol. The summed E-state index contributed by atoms with van der Waals surface area (Å²) < 4.78 is 16.5. The van der Waals surface area contributed by atoms with Gasteiger partial charge in [0.2, 0.25) is 0 Å². The van der Waals surface area contributed by atoms with Crippen molar-refractivity contribution in [3.8, 4) is 11.5 Å². The number of anilines is 1. The molecule has 0 aliphatic heterocycles. The first-order chi connectivity index (χ1) is 10.2. The van der Waals surface area contributed by atoms with Crippen LogP contribution in [0.5, 0.6) is 11.5 Å². The summed E-state index contributed by atoms with van der Waals surface area (Å²) in [6, 6.07) is 5.58. The third-order valence-corrected chi connectivity index (χ3v) is 2.99. The third-order valence-electron chi connectivity index (χ3n) is 2.99. The second-order valence-corrected chi connectivity index (χ2v) is 4.39. The summed E-state index contributed by atoms with van der Waals surface area (Å²) >= 11 is 0. The minimum absolute atomic E-state index is 0.398. The molecule has 0 saturated heterocycles. The second kappa shape index (κ2) is 7.10. The molecule has 0 bridgehead atoms. The van der Waals surface area contributed by atoms with Crippen molar-refractivity contribution < 1.29 is 14.2 Å². The molecule has 114 valence electrons. The minimum atomic E-state index is 0.398. The van der Waals surface area contributed by atoms with E-state index in [1.807, 2.05) is 32.0 Å². The summed E-state index contributed by atoms with van der Waals surface area (Å²) in [6.07, 6.45) is 0. The van der Waals surface area contributed by atoms with E-state index < -0.39 is 0 Å². The number of fused-ring (bicyclic) bond motifs is 1. The highest BCUT2D eigenvalue weighted by Crippen LogP contribution is 2.37.